The van der Waals surface area contributed by atoms with E-state index in [9.17, 15) is 14.9 Å². The van der Waals surface area contributed by atoms with E-state index in [4.69, 9.17) is 9.15 Å². The van der Waals surface area contributed by atoms with Crippen molar-refractivity contribution in [2.75, 3.05) is 6.61 Å². The highest BCUT2D eigenvalue weighted by Crippen LogP contribution is 2.37. The first-order valence-corrected chi connectivity index (χ1v) is 8.41. The van der Waals surface area contributed by atoms with Crippen LogP contribution in [0.15, 0.2) is 57.0 Å². The average molecular weight is 371 g/mol. The van der Waals surface area contributed by atoms with E-state index in [1.54, 1.807) is 12.1 Å². The zero-order valence-electron chi connectivity index (χ0n) is 13.6. The third-order valence-electron chi connectivity index (χ3n) is 3.34. The van der Waals surface area contributed by atoms with Crippen LogP contribution in [0.2, 0.25) is 0 Å². The zero-order chi connectivity index (χ0) is 18.5. The summed E-state index contributed by atoms with van der Waals surface area (Å²) in [5.41, 5.74) is 0.659. The van der Waals surface area contributed by atoms with Crippen LogP contribution < -0.4 is 4.74 Å². The van der Waals surface area contributed by atoms with Crippen LogP contribution in [-0.2, 0) is 0 Å². The number of carbonyl (C=O) groups excluding carboxylic acids is 1. The van der Waals surface area contributed by atoms with Crippen molar-refractivity contribution < 1.29 is 18.9 Å². The summed E-state index contributed by atoms with van der Waals surface area (Å²) in [6.07, 6.45) is 0.552. The van der Waals surface area contributed by atoms with E-state index in [-0.39, 0.29) is 22.4 Å². The first-order valence-electron chi connectivity index (χ1n) is 7.59. The molecule has 0 aliphatic rings. The Morgan fingerprint density at radius 1 is 1.27 bits per heavy atom. The van der Waals surface area contributed by atoms with Crippen LogP contribution >= 0.6 is 11.8 Å². The number of para-hydroxylation sites is 1. The molecule has 8 nitrogen and oxygen atoms in total. The average Bonchev–Trinajstić information content (AvgIpc) is 3.11. The lowest BCUT2D eigenvalue weighted by Crippen LogP contribution is -1.93. The van der Waals surface area contributed by atoms with Gasteiger partial charge in [0.2, 0.25) is 0 Å². The number of nitro benzene ring substituents is 1. The van der Waals surface area contributed by atoms with Crippen molar-refractivity contribution in [3.63, 3.8) is 0 Å². The number of hydrogen-bond acceptors (Lipinski definition) is 8. The number of aromatic nitrogens is 2. The molecular weight excluding hydrogens is 358 g/mol. The number of nitrogens with zero attached hydrogens (tertiary/aromatic N) is 3. The Labute approximate surface area is 152 Å². The molecule has 0 atom stereocenters. The Morgan fingerprint density at radius 3 is 2.81 bits per heavy atom. The summed E-state index contributed by atoms with van der Waals surface area (Å²) >= 11 is 0.958. The number of hydrogen-bond donors (Lipinski definition) is 0. The molecule has 0 fully saturated rings. The molecule has 0 unspecified atom stereocenters. The van der Waals surface area contributed by atoms with Crippen LogP contribution in [0, 0.1) is 10.1 Å². The zero-order valence-corrected chi connectivity index (χ0v) is 14.4. The van der Waals surface area contributed by atoms with Crippen molar-refractivity contribution in [2.24, 2.45) is 0 Å². The molecule has 1 heterocycles. The predicted molar refractivity (Wildman–Crippen MR) is 93.5 cm³/mol. The molecule has 132 valence electrons. The Hall–Kier alpha value is -3.20. The Bertz CT molecular complexity index is 957. The monoisotopic (exact) mass is 371 g/mol. The van der Waals surface area contributed by atoms with Crippen molar-refractivity contribution in [1.29, 1.82) is 0 Å². The summed E-state index contributed by atoms with van der Waals surface area (Å²) in [5.74, 6) is 0.861. The van der Waals surface area contributed by atoms with Gasteiger partial charge in [0, 0.05) is 11.6 Å². The first kappa shape index (κ1) is 17.6. The normalized spacial score (nSPS) is 10.5. The molecule has 3 rings (SSSR count). The van der Waals surface area contributed by atoms with Gasteiger partial charge in [-0.2, -0.15) is 0 Å². The minimum absolute atomic E-state index is 0.147. The molecule has 0 spiro atoms. The summed E-state index contributed by atoms with van der Waals surface area (Å²) < 4.78 is 11.2. The van der Waals surface area contributed by atoms with Crippen LogP contribution in [0.3, 0.4) is 0 Å². The minimum atomic E-state index is -0.559. The van der Waals surface area contributed by atoms with Crippen LogP contribution in [0.25, 0.3) is 11.5 Å². The summed E-state index contributed by atoms with van der Waals surface area (Å²) in [6, 6.07) is 11.4. The van der Waals surface area contributed by atoms with Crippen LogP contribution in [-0.4, -0.2) is 28.0 Å². The standard InChI is InChI=1S/C17H13N3O5S/c1-2-24-14-6-4-3-5-12(14)16-18-19-17(25-16)26-15-8-7-11(10-21)9-13(15)20(22)23/h3-10H,2H2,1H3. The number of benzene rings is 2. The lowest BCUT2D eigenvalue weighted by Gasteiger charge is -2.06. The Morgan fingerprint density at radius 2 is 2.08 bits per heavy atom. The maximum Gasteiger partial charge on any atom is 0.284 e. The van der Waals surface area contributed by atoms with Crippen LogP contribution in [0.1, 0.15) is 17.3 Å². The van der Waals surface area contributed by atoms with E-state index >= 15 is 0 Å². The SMILES string of the molecule is CCOc1ccccc1-c1nnc(Sc2ccc(C=O)cc2[N+](=O)[O-])o1. The molecule has 0 amide bonds. The highest BCUT2D eigenvalue weighted by atomic mass is 32.2. The second-order valence-electron chi connectivity index (χ2n) is 5.01. The lowest BCUT2D eigenvalue weighted by molar-refractivity contribution is -0.387. The van der Waals surface area contributed by atoms with Crippen molar-refractivity contribution in [2.45, 2.75) is 17.0 Å². The third kappa shape index (κ3) is 3.72. The van der Waals surface area contributed by atoms with Crippen molar-refractivity contribution in [3.05, 3.63) is 58.1 Å². The summed E-state index contributed by atoms with van der Waals surface area (Å²) in [7, 11) is 0. The number of nitro groups is 1. The smallest absolute Gasteiger partial charge is 0.284 e. The quantitative estimate of drug-likeness (QED) is 0.348. The number of rotatable bonds is 7. The molecule has 0 aliphatic heterocycles. The van der Waals surface area contributed by atoms with Crippen LogP contribution in [0.4, 0.5) is 5.69 Å². The topological polar surface area (TPSA) is 108 Å². The fourth-order valence-electron chi connectivity index (χ4n) is 2.22. The molecule has 0 saturated carbocycles. The van der Waals surface area contributed by atoms with Crippen molar-refractivity contribution in [3.8, 4) is 17.2 Å². The molecule has 1 aromatic heterocycles. The molecule has 0 bridgehead atoms. The molecule has 2 aromatic carbocycles. The van der Waals surface area contributed by atoms with E-state index in [0.29, 0.717) is 29.1 Å². The van der Waals surface area contributed by atoms with Gasteiger partial charge in [0.1, 0.15) is 12.0 Å². The molecule has 0 saturated heterocycles. The van der Waals surface area contributed by atoms with E-state index in [2.05, 4.69) is 10.2 Å². The van der Waals surface area contributed by atoms with Gasteiger partial charge in [0.05, 0.1) is 22.0 Å². The molecular formula is C17H13N3O5S. The highest BCUT2D eigenvalue weighted by Gasteiger charge is 2.20. The Kier molecular flexibility index (Phi) is 5.28. The molecule has 0 aliphatic carbocycles. The number of ether oxygens (including phenoxy) is 1. The van der Waals surface area contributed by atoms with E-state index < -0.39 is 4.92 Å². The summed E-state index contributed by atoms with van der Waals surface area (Å²) in [4.78, 5) is 21.8. The highest BCUT2D eigenvalue weighted by molar-refractivity contribution is 7.99. The van der Waals surface area contributed by atoms with Gasteiger partial charge in [-0.3, -0.25) is 14.9 Å². The van der Waals surface area contributed by atoms with Crippen molar-refractivity contribution in [1.82, 2.24) is 10.2 Å². The van der Waals surface area contributed by atoms with Crippen molar-refractivity contribution >= 4 is 23.7 Å². The van der Waals surface area contributed by atoms with Gasteiger partial charge in [-0.15, -0.1) is 10.2 Å². The Balaban J connectivity index is 1.90. The van der Waals surface area contributed by atoms with Gasteiger partial charge in [0.25, 0.3) is 16.8 Å². The molecule has 9 heteroatoms. The van der Waals surface area contributed by atoms with Gasteiger partial charge in [0.15, 0.2) is 0 Å². The summed E-state index contributed by atoms with van der Waals surface area (Å²) in [6.45, 7) is 2.36. The molecule has 0 N–H and O–H groups in total. The van der Waals surface area contributed by atoms with Gasteiger partial charge in [-0.1, -0.05) is 18.2 Å². The maximum atomic E-state index is 11.2. The number of aldehydes is 1. The lowest BCUT2D eigenvalue weighted by atomic mass is 10.2. The van der Waals surface area contributed by atoms with Gasteiger partial charge in [-0.05, 0) is 36.9 Å². The van der Waals surface area contributed by atoms with Gasteiger partial charge in [-0.25, -0.2) is 0 Å². The molecule has 26 heavy (non-hydrogen) atoms. The second kappa shape index (κ2) is 7.79. The fourth-order valence-corrected chi connectivity index (χ4v) is 2.98. The third-order valence-corrected chi connectivity index (χ3v) is 4.24. The first-order chi connectivity index (χ1) is 12.6. The largest absolute Gasteiger partial charge is 0.493 e. The van der Waals surface area contributed by atoms with E-state index in [1.165, 1.54) is 18.2 Å². The fraction of sp³-hybridized carbons (Fsp3) is 0.118. The van der Waals surface area contributed by atoms with E-state index in [0.717, 1.165) is 11.8 Å². The van der Waals surface area contributed by atoms with Gasteiger partial charge >= 0.3 is 0 Å². The van der Waals surface area contributed by atoms with Crippen LogP contribution in [0.5, 0.6) is 5.75 Å². The molecule has 3 aromatic rings. The summed E-state index contributed by atoms with van der Waals surface area (Å²) in [5, 5.41) is 19.3. The number of carbonyl (C=O) groups is 1. The molecule has 0 radical (unpaired) electrons. The predicted octanol–water partition coefficient (Wildman–Crippen LogP) is 4.01. The second-order valence-corrected chi connectivity index (χ2v) is 6.00. The van der Waals surface area contributed by atoms with Gasteiger partial charge < -0.3 is 9.15 Å². The minimum Gasteiger partial charge on any atom is -0.493 e. The maximum absolute atomic E-state index is 11.2. The van der Waals surface area contributed by atoms with E-state index in [1.807, 2.05) is 19.1 Å².